The molecule has 2 N–H and O–H groups in total. The lowest BCUT2D eigenvalue weighted by Gasteiger charge is -2.29. The van der Waals surface area contributed by atoms with Crippen molar-refractivity contribution in [3.8, 4) is 0 Å². The predicted molar refractivity (Wildman–Crippen MR) is 106 cm³/mol. The molecule has 0 unspecified atom stereocenters. The summed E-state index contributed by atoms with van der Waals surface area (Å²) in [5, 5.41) is 6.94. The molecule has 138 valence electrons. The SMILES string of the molecule is CC(C)CNC(=S)Nc1nc(N2CCCC2)cc(N2CCOCC2)n1. The van der Waals surface area contributed by atoms with Gasteiger partial charge in [-0.2, -0.15) is 9.97 Å². The molecule has 0 amide bonds. The number of nitrogens with zero attached hydrogens (tertiary/aromatic N) is 4. The normalized spacial score (nSPS) is 17.9. The smallest absolute Gasteiger partial charge is 0.232 e. The average molecular weight is 365 g/mol. The highest BCUT2D eigenvalue weighted by Gasteiger charge is 2.19. The third-order valence-electron chi connectivity index (χ3n) is 4.36. The molecule has 8 heteroatoms. The first-order valence-corrected chi connectivity index (χ1v) is 9.54. The molecule has 0 radical (unpaired) electrons. The van der Waals surface area contributed by atoms with E-state index < -0.39 is 0 Å². The van der Waals surface area contributed by atoms with Crippen molar-refractivity contribution in [2.45, 2.75) is 26.7 Å². The van der Waals surface area contributed by atoms with Gasteiger partial charge in [0.05, 0.1) is 13.2 Å². The van der Waals surface area contributed by atoms with E-state index in [1.165, 1.54) is 12.8 Å². The molecule has 0 spiro atoms. The number of anilines is 3. The van der Waals surface area contributed by atoms with Crippen LogP contribution in [0.2, 0.25) is 0 Å². The molecule has 0 saturated carbocycles. The second-order valence-electron chi connectivity index (χ2n) is 6.93. The maximum absolute atomic E-state index is 5.46. The fraction of sp³-hybridized carbons (Fsp3) is 0.706. The highest BCUT2D eigenvalue weighted by atomic mass is 32.1. The number of rotatable bonds is 5. The van der Waals surface area contributed by atoms with Gasteiger partial charge >= 0.3 is 0 Å². The zero-order valence-electron chi connectivity index (χ0n) is 15.1. The van der Waals surface area contributed by atoms with Crippen LogP contribution in [-0.4, -0.2) is 61.0 Å². The van der Waals surface area contributed by atoms with Gasteiger partial charge in [-0.1, -0.05) is 13.8 Å². The summed E-state index contributed by atoms with van der Waals surface area (Å²) < 4.78 is 5.46. The minimum atomic E-state index is 0.528. The quantitative estimate of drug-likeness (QED) is 0.768. The maximum Gasteiger partial charge on any atom is 0.232 e. The molecule has 7 nitrogen and oxygen atoms in total. The van der Waals surface area contributed by atoms with Crippen LogP contribution in [0.5, 0.6) is 0 Å². The van der Waals surface area contributed by atoms with Crippen molar-refractivity contribution in [1.82, 2.24) is 15.3 Å². The molecule has 1 aromatic heterocycles. The van der Waals surface area contributed by atoms with Crippen molar-refractivity contribution in [1.29, 1.82) is 0 Å². The van der Waals surface area contributed by atoms with Crippen molar-refractivity contribution >= 4 is 34.9 Å². The minimum absolute atomic E-state index is 0.528. The van der Waals surface area contributed by atoms with Crippen LogP contribution < -0.4 is 20.4 Å². The van der Waals surface area contributed by atoms with Crippen LogP contribution >= 0.6 is 12.2 Å². The first kappa shape index (κ1) is 18.1. The molecule has 3 rings (SSSR count). The van der Waals surface area contributed by atoms with Gasteiger partial charge in [-0.3, -0.25) is 0 Å². The summed E-state index contributed by atoms with van der Waals surface area (Å²) in [4.78, 5) is 14.0. The Balaban J connectivity index is 1.77. The van der Waals surface area contributed by atoms with E-state index in [2.05, 4.69) is 45.3 Å². The van der Waals surface area contributed by atoms with Gasteiger partial charge in [0.25, 0.3) is 0 Å². The third kappa shape index (κ3) is 5.15. The molecule has 2 saturated heterocycles. The number of hydrogen-bond donors (Lipinski definition) is 2. The van der Waals surface area contributed by atoms with Gasteiger partial charge in [-0.15, -0.1) is 0 Å². The summed E-state index contributed by atoms with van der Waals surface area (Å²) in [5.74, 6) is 3.00. The van der Waals surface area contributed by atoms with Crippen LogP contribution in [-0.2, 0) is 4.74 Å². The molecule has 0 bridgehead atoms. The molecule has 3 heterocycles. The van der Waals surface area contributed by atoms with Crippen molar-refractivity contribution in [3.05, 3.63) is 6.07 Å². The molecule has 0 atom stereocenters. The zero-order chi connectivity index (χ0) is 17.6. The Morgan fingerprint density at radius 3 is 2.32 bits per heavy atom. The lowest BCUT2D eigenvalue weighted by atomic mass is 10.2. The summed E-state index contributed by atoms with van der Waals surface area (Å²) in [5.41, 5.74) is 0. The molecular weight excluding hydrogens is 336 g/mol. The predicted octanol–water partition coefficient (Wildman–Crippen LogP) is 1.86. The minimum Gasteiger partial charge on any atom is -0.378 e. The van der Waals surface area contributed by atoms with Crippen LogP contribution in [0, 0.1) is 5.92 Å². The Kier molecular flexibility index (Phi) is 6.25. The number of ether oxygens (including phenoxy) is 1. The fourth-order valence-corrected chi connectivity index (χ4v) is 3.16. The number of thiocarbonyl (C=S) groups is 1. The van der Waals surface area contributed by atoms with E-state index in [0.29, 0.717) is 17.0 Å². The van der Waals surface area contributed by atoms with E-state index in [1.807, 2.05) is 0 Å². The summed E-state index contributed by atoms with van der Waals surface area (Å²) in [7, 11) is 0. The first-order valence-electron chi connectivity index (χ1n) is 9.13. The van der Waals surface area contributed by atoms with Gasteiger partial charge in [0.2, 0.25) is 5.95 Å². The first-order chi connectivity index (χ1) is 12.1. The van der Waals surface area contributed by atoms with E-state index in [0.717, 1.165) is 57.6 Å². The van der Waals surface area contributed by atoms with Gasteiger partial charge in [-0.05, 0) is 31.0 Å². The zero-order valence-corrected chi connectivity index (χ0v) is 15.9. The van der Waals surface area contributed by atoms with Crippen LogP contribution in [0.15, 0.2) is 6.07 Å². The molecule has 2 fully saturated rings. The molecule has 1 aromatic rings. The topological polar surface area (TPSA) is 65.6 Å². The Bertz CT molecular complexity index is 585. The molecule has 0 aromatic carbocycles. The van der Waals surface area contributed by atoms with Gasteiger partial charge in [0, 0.05) is 38.8 Å². The highest BCUT2D eigenvalue weighted by molar-refractivity contribution is 7.80. The monoisotopic (exact) mass is 364 g/mol. The molecule has 0 aliphatic carbocycles. The molecule has 2 aliphatic heterocycles. The number of hydrogen-bond acceptors (Lipinski definition) is 6. The second kappa shape index (κ2) is 8.62. The fourth-order valence-electron chi connectivity index (χ4n) is 2.98. The van der Waals surface area contributed by atoms with E-state index >= 15 is 0 Å². The molecule has 2 aliphatic rings. The third-order valence-corrected chi connectivity index (χ3v) is 4.61. The van der Waals surface area contributed by atoms with Crippen molar-refractivity contribution in [2.75, 3.05) is 61.1 Å². The van der Waals surface area contributed by atoms with Gasteiger partial charge in [0.15, 0.2) is 5.11 Å². The Labute approximate surface area is 155 Å². The Morgan fingerprint density at radius 1 is 1.12 bits per heavy atom. The lowest BCUT2D eigenvalue weighted by Crippen LogP contribution is -2.37. The maximum atomic E-state index is 5.46. The van der Waals surface area contributed by atoms with E-state index in [9.17, 15) is 0 Å². The Morgan fingerprint density at radius 2 is 1.72 bits per heavy atom. The average Bonchev–Trinajstić information content (AvgIpc) is 3.15. The van der Waals surface area contributed by atoms with Crippen LogP contribution in [0.25, 0.3) is 0 Å². The summed E-state index contributed by atoms with van der Waals surface area (Å²) in [6.45, 7) is 10.4. The summed E-state index contributed by atoms with van der Waals surface area (Å²) in [6, 6.07) is 2.09. The van der Waals surface area contributed by atoms with Crippen molar-refractivity contribution < 1.29 is 4.74 Å². The highest BCUT2D eigenvalue weighted by Crippen LogP contribution is 2.24. The van der Waals surface area contributed by atoms with Crippen molar-refractivity contribution in [3.63, 3.8) is 0 Å². The van der Waals surface area contributed by atoms with Gasteiger partial charge < -0.3 is 25.2 Å². The van der Waals surface area contributed by atoms with E-state index in [-0.39, 0.29) is 0 Å². The summed E-state index contributed by atoms with van der Waals surface area (Å²) in [6.07, 6.45) is 2.43. The van der Waals surface area contributed by atoms with Crippen molar-refractivity contribution in [2.24, 2.45) is 5.92 Å². The van der Waals surface area contributed by atoms with Gasteiger partial charge in [0.1, 0.15) is 11.6 Å². The number of morpholine rings is 1. The Hall–Kier alpha value is -1.67. The lowest BCUT2D eigenvalue weighted by molar-refractivity contribution is 0.122. The second-order valence-corrected chi connectivity index (χ2v) is 7.34. The number of nitrogens with one attached hydrogen (secondary N) is 2. The number of aromatic nitrogens is 2. The van der Waals surface area contributed by atoms with Crippen LogP contribution in [0.3, 0.4) is 0 Å². The van der Waals surface area contributed by atoms with E-state index in [1.54, 1.807) is 0 Å². The van der Waals surface area contributed by atoms with E-state index in [4.69, 9.17) is 21.9 Å². The molecule has 25 heavy (non-hydrogen) atoms. The van der Waals surface area contributed by atoms with Crippen LogP contribution in [0.4, 0.5) is 17.6 Å². The summed E-state index contributed by atoms with van der Waals surface area (Å²) >= 11 is 5.38. The van der Waals surface area contributed by atoms with Gasteiger partial charge in [-0.25, -0.2) is 0 Å². The largest absolute Gasteiger partial charge is 0.378 e. The standard InChI is InChI=1S/C17H28N6OS/c1-13(2)12-18-17(25)21-16-19-14(22-5-3-4-6-22)11-15(20-16)23-7-9-24-10-8-23/h11,13H,3-10,12H2,1-2H3,(H2,18,19,20,21,25). The van der Waals surface area contributed by atoms with Crippen LogP contribution in [0.1, 0.15) is 26.7 Å². The molecular formula is C17H28N6OS.